The van der Waals surface area contributed by atoms with Crippen molar-refractivity contribution in [3.8, 4) is 0 Å². The topological polar surface area (TPSA) is 54.3 Å². The number of aromatic nitrogens is 1. The molecule has 30 heavy (non-hydrogen) atoms. The molecule has 0 aliphatic rings. The molecule has 1 aromatic heterocycles. The third kappa shape index (κ3) is 3.84. The fourth-order valence-electron chi connectivity index (χ4n) is 3.87. The number of carbonyl (C=O) groups is 1. The van der Waals surface area contributed by atoms with Gasteiger partial charge in [0.2, 0.25) is 0 Å². The molecule has 3 aromatic carbocycles. The van der Waals surface area contributed by atoms with Gasteiger partial charge in [-0.15, -0.1) is 0 Å². The quantitative estimate of drug-likeness (QED) is 0.436. The van der Waals surface area contributed by atoms with Gasteiger partial charge in [0, 0.05) is 34.6 Å². The Labute approximate surface area is 174 Å². The summed E-state index contributed by atoms with van der Waals surface area (Å²) in [6.45, 7) is 2.60. The highest BCUT2D eigenvalue weighted by Crippen LogP contribution is 2.28. The molecule has 1 heterocycles. The molecular weight excluding hydrogens is 379 g/mol. The molecule has 0 radical (unpaired) electrons. The molecule has 1 unspecified atom stereocenters. The highest BCUT2D eigenvalue weighted by Gasteiger charge is 2.23. The number of benzene rings is 3. The van der Waals surface area contributed by atoms with E-state index in [1.54, 1.807) is 22.8 Å². The average molecular weight is 402 g/mol. The third-order valence-corrected chi connectivity index (χ3v) is 5.45. The lowest BCUT2D eigenvalue weighted by Crippen LogP contribution is -2.20. The zero-order chi connectivity index (χ0) is 21.1. The van der Waals surface area contributed by atoms with Gasteiger partial charge in [-0.1, -0.05) is 66.7 Å². The van der Waals surface area contributed by atoms with Gasteiger partial charge in [-0.05, 0) is 24.6 Å². The van der Waals surface area contributed by atoms with E-state index < -0.39 is 5.97 Å². The van der Waals surface area contributed by atoms with E-state index in [4.69, 9.17) is 0 Å². The highest BCUT2D eigenvalue weighted by molar-refractivity contribution is 5.98. The van der Waals surface area contributed by atoms with Crippen LogP contribution in [-0.2, 0) is 13.1 Å². The lowest BCUT2D eigenvalue weighted by atomic mass is 10.1. The maximum absolute atomic E-state index is 14.3. The number of hydrogen-bond acceptors (Lipinski definition) is 2. The Morgan fingerprint density at radius 2 is 1.67 bits per heavy atom. The number of nitrogens with one attached hydrogen (secondary N) is 1. The maximum atomic E-state index is 14.3. The van der Waals surface area contributed by atoms with Crippen LogP contribution in [0.25, 0.3) is 10.9 Å². The minimum atomic E-state index is -1.02. The molecule has 152 valence electrons. The van der Waals surface area contributed by atoms with E-state index in [9.17, 15) is 14.3 Å². The lowest BCUT2D eigenvalue weighted by Gasteiger charge is -2.15. The van der Waals surface area contributed by atoms with Crippen molar-refractivity contribution >= 4 is 16.9 Å². The second-order valence-corrected chi connectivity index (χ2v) is 7.34. The molecule has 0 saturated heterocycles. The number of para-hydroxylation sites is 1. The third-order valence-electron chi connectivity index (χ3n) is 5.45. The van der Waals surface area contributed by atoms with E-state index in [1.165, 1.54) is 6.07 Å². The van der Waals surface area contributed by atoms with Gasteiger partial charge >= 0.3 is 5.97 Å². The first-order chi connectivity index (χ1) is 14.6. The largest absolute Gasteiger partial charge is 0.477 e. The number of nitrogens with zero attached hydrogens (tertiary/aromatic N) is 1. The first-order valence-corrected chi connectivity index (χ1v) is 9.91. The second-order valence-electron chi connectivity index (χ2n) is 7.34. The minimum Gasteiger partial charge on any atom is -0.477 e. The SMILES string of the molecule is CC(NCc1c(C(=O)O)n(Cc2ccccc2F)c2ccccc12)c1ccccc1. The van der Waals surface area contributed by atoms with Crippen molar-refractivity contribution in [2.24, 2.45) is 0 Å². The van der Waals surface area contributed by atoms with Gasteiger partial charge < -0.3 is 15.0 Å². The van der Waals surface area contributed by atoms with E-state index in [-0.39, 0.29) is 24.1 Å². The normalized spacial score (nSPS) is 12.2. The van der Waals surface area contributed by atoms with Gasteiger partial charge in [-0.2, -0.15) is 0 Å². The van der Waals surface area contributed by atoms with Crippen LogP contribution in [0.1, 0.15) is 40.1 Å². The molecule has 5 heteroatoms. The Hall–Kier alpha value is -3.44. The number of rotatable bonds is 7. The molecule has 2 N–H and O–H groups in total. The molecule has 4 nitrogen and oxygen atoms in total. The van der Waals surface area contributed by atoms with Crippen molar-refractivity contribution in [2.75, 3.05) is 0 Å². The van der Waals surface area contributed by atoms with Crippen molar-refractivity contribution in [3.05, 3.63) is 107 Å². The number of carboxylic acid groups (broad SMARTS) is 1. The number of carboxylic acids is 1. The van der Waals surface area contributed by atoms with Gasteiger partial charge in [0.15, 0.2) is 0 Å². The van der Waals surface area contributed by atoms with Crippen LogP contribution in [0.5, 0.6) is 0 Å². The Bertz CT molecular complexity index is 1180. The molecule has 0 fully saturated rings. The number of halogens is 1. The summed E-state index contributed by atoms with van der Waals surface area (Å²) < 4.78 is 16.0. The molecule has 0 bridgehead atoms. The molecule has 0 aliphatic carbocycles. The Kier molecular flexibility index (Phi) is 5.63. The Morgan fingerprint density at radius 3 is 2.40 bits per heavy atom. The Balaban J connectivity index is 1.75. The van der Waals surface area contributed by atoms with Crippen LogP contribution in [0.3, 0.4) is 0 Å². The van der Waals surface area contributed by atoms with E-state index >= 15 is 0 Å². The molecule has 1 atom stereocenters. The molecule has 0 spiro atoms. The number of hydrogen-bond donors (Lipinski definition) is 2. The fourth-order valence-corrected chi connectivity index (χ4v) is 3.87. The van der Waals surface area contributed by atoms with Gasteiger partial charge in [0.05, 0.1) is 6.54 Å². The highest BCUT2D eigenvalue weighted by atomic mass is 19.1. The number of fused-ring (bicyclic) bond motifs is 1. The van der Waals surface area contributed by atoms with Crippen molar-refractivity contribution in [3.63, 3.8) is 0 Å². The van der Waals surface area contributed by atoms with Crippen molar-refractivity contribution in [1.82, 2.24) is 9.88 Å². The monoisotopic (exact) mass is 402 g/mol. The summed E-state index contributed by atoms with van der Waals surface area (Å²) in [7, 11) is 0. The zero-order valence-electron chi connectivity index (χ0n) is 16.7. The van der Waals surface area contributed by atoms with Gasteiger partial charge in [-0.3, -0.25) is 0 Å². The van der Waals surface area contributed by atoms with Crippen LogP contribution in [0.2, 0.25) is 0 Å². The standard InChI is InChI=1S/C25H23FN2O2/c1-17(18-9-3-2-4-10-18)27-15-21-20-12-6-8-14-23(20)28(24(21)25(29)30)16-19-11-5-7-13-22(19)26/h2-14,17,27H,15-16H2,1H3,(H,29,30). The molecule has 4 rings (SSSR count). The van der Waals surface area contributed by atoms with Crippen LogP contribution in [-0.4, -0.2) is 15.6 Å². The minimum absolute atomic E-state index is 0.0570. The molecule has 0 amide bonds. The first-order valence-electron chi connectivity index (χ1n) is 9.91. The summed E-state index contributed by atoms with van der Waals surface area (Å²) in [5.74, 6) is -1.37. The molecule has 0 saturated carbocycles. The van der Waals surface area contributed by atoms with Crippen LogP contribution >= 0.6 is 0 Å². The summed E-state index contributed by atoms with van der Waals surface area (Å²) in [5, 5.41) is 14.3. The molecule has 4 aromatic rings. The summed E-state index contributed by atoms with van der Waals surface area (Å²) >= 11 is 0. The summed E-state index contributed by atoms with van der Waals surface area (Å²) in [4.78, 5) is 12.3. The predicted octanol–water partition coefficient (Wildman–Crippen LogP) is 5.38. The van der Waals surface area contributed by atoms with Crippen LogP contribution in [0, 0.1) is 5.82 Å². The van der Waals surface area contributed by atoms with Crippen LogP contribution in [0.4, 0.5) is 4.39 Å². The Morgan fingerprint density at radius 1 is 1.00 bits per heavy atom. The van der Waals surface area contributed by atoms with E-state index in [1.807, 2.05) is 61.5 Å². The lowest BCUT2D eigenvalue weighted by molar-refractivity contribution is 0.0684. The summed E-state index contributed by atoms with van der Waals surface area (Å²) in [6, 6.07) is 24.1. The van der Waals surface area contributed by atoms with E-state index in [0.717, 1.165) is 16.5 Å². The van der Waals surface area contributed by atoms with Gasteiger partial charge in [0.25, 0.3) is 0 Å². The van der Waals surface area contributed by atoms with Crippen molar-refractivity contribution in [1.29, 1.82) is 0 Å². The second kappa shape index (κ2) is 8.51. The maximum Gasteiger partial charge on any atom is 0.352 e. The predicted molar refractivity (Wildman–Crippen MR) is 116 cm³/mol. The number of aromatic carboxylic acids is 1. The average Bonchev–Trinajstić information content (AvgIpc) is 3.08. The van der Waals surface area contributed by atoms with Crippen molar-refractivity contribution in [2.45, 2.75) is 26.1 Å². The van der Waals surface area contributed by atoms with E-state index in [0.29, 0.717) is 17.7 Å². The molecule has 0 aliphatic heterocycles. The van der Waals surface area contributed by atoms with Crippen LogP contribution < -0.4 is 5.32 Å². The van der Waals surface area contributed by atoms with Crippen LogP contribution in [0.15, 0.2) is 78.9 Å². The summed E-state index contributed by atoms with van der Waals surface area (Å²) in [5.41, 5.74) is 3.26. The zero-order valence-corrected chi connectivity index (χ0v) is 16.7. The first kappa shape index (κ1) is 19.9. The molecular formula is C25H23FN2O2. The summed E-state index contributed by atoms with van der Waals surface area (Å²) in [6.07, 6.45) is 0. The fraction of sp³-hybridized carbons (Fsp3) is 0.160. The smallest absolute Gasteiger partial charge is 0.352 e. The van der Waals surface area contributed by atoms with Gasteiger partial charge in [-0.25, -0.2) is 9.18 Å². The van der Waals surface area contributed by atoms with Crippen molar-refractivity contribution < 1.29 is 14.3 Å². The van der Waals surface area contributed by atoms with E-state index in [2.05, 4.69) is 5.32 Å². The van der Waals surface area contributed by atoms with Gasteiger partial charge in [0.1, 0.15) is 11.5 Å².